The summed E-state index contributed by atoms with van der Waals surface area (Å²) in [5, 5.41) is 3.72. The fourth-order valence-corrected chi connectivity index (χ4v) is 3.91. The van der Waals surface area contributed by atoms with Gasteiger partial charge in [-0.25, -0.2) is 8.42 Å². The van der Waals surface area contributed by atoms with E-state index in [4.69, 9.17) is 0 Å². The average molecular weight is 305 g/mol. The number of nitrogens with one attached hydrogen (secondary N) is 1. The van der Waals surface area contributed by atoms with Crippen LogP contribution in [-0.2, 0) is 9.84 Å². The highest BCUT2D eigenvalue weighted by atomic mass is 32.2. The van der Waals surface area contributed by atoms with Crippen molar-refractivity contribution in [3.05, 3.63) is 0 Å². The molecule has 0 radical (unpaired) electrons. The zero-order valence-corrected chi connectivity index (χ0v) is 14.4. The topological polar surface area (TPSA) is 49.4 Å². The molecule has 0 amide bonds. The van der Waals surface area contributed by atoms with Gasteiger partial charge < -0.3 is 5.32 Å². The third kappa shape index (κ3) is 4.71. The Labute approximate surface area is 125 Å². The maximum Gasteiger partial charge on any atom is 0.150 e. The summed E-state index contributed by atoms with van der Waals surface area (Å²) in [7, 11) is -2.83. The number of rotatable bonds is 8. The van der Waals surface area contributed by atoms with Gasteiger partial charge in [-0.15, -0.1) is 0 Å². The van der Waals surface area contributed by atoms with Crippen LogP contribution in [0.4, 0.5) is 0 Å². The maximum atomic E-state index is 11.6. The molecular formula is C15H32N2O2S. The molecular weight excluding hydrogens is 272 g/mol. The molecule has 0 saturated carbocycles. The average Bonchev–Trinajstić information content (AvgIpc) is 2.47. The van der Waals surface area contributed by atoms with E-state index in [0.29, 0.717) is 11.8 Å². The number of hydrogen-bond acceptors (Lipinski definition) is 4. The first-order chi connectivity index (χ1) is 9.42. The zero-order chi connectivity index (χ0) is 15.2. The predicted molar refractivity (Wildman–Crippen MR) is 85.9 cm³/mol. The maximum absolute atomic E-state index is 11.6. The van der Waals surface area contributed by atoms with E-state index in [1.54, 1.807) is 6.92 Å². The van der Waals surface area contributed by atoms with Gasteiger partial charge in [-0.1, -0.05) is 27.7 Å². The summed E-state index contributed by atoms with van der Waals surface area (Å²) in [6, 6.07) is 0.547. The van der Waals surface area contributed by atoms with Gasteiger partial charge in [0.15, 0.2) is 0 Å². The first kappa shape index (κ1) is 17.9. The molecule has 0 spiro atoms. The molecule has 0 aromatic heterocycles. The summed E-state index contributed by atoms with van der Waals surface area (Å²) < 4.78 is 23.2. The molecule has 1 unspecified atom stereocenters. The summed E-state index contributed by atoms with van der Waals surface area (Å²) in [6.45, 7) is 11.4. The van der Waals surface area contributed by atoms with Crippen LogP contribution in [0.2, 0.25) is 0 Å². The number of piperazine rings is 1. The van der Waals surface area contributed by atoms with Crippen LogP contribution in [0, 0.1) is 0 Å². The van der Waals surface area contributed by atoms with Gasteiger partial charge in [0.05, 0.1) is 5.75 Å². The van der Waals surface area contributed by atoms with Crippen LogP contribution in [0.1, 0.15) is 53.4 Å². The number of hydrogen-bond donors (Lipinski definition) is 1. The van der Waals surface area contributed by atoms with Crippen molar-refractivity contribution in [2.75, 3.05) is 31.1 Å². The van der Waals surface area contributed by atoms with Crippen LogP contribution in [0.25, 0.3) is 0 Å². The van der Waals surface area contributed by atoms with E-state index < -0.39 is 9.84 Å². The van der Waals surface area contributed by atoms with Gasteiger partial charge in [0, 0.05) is 30.4 Å². The molecule has 5 heteroatoms. The van der Waals surface area contributed by atoms with Crippen molar-refractivity contribution in [1.29, 1.82) is 0 Å². The lowest BCUT2D eigenvalue weighted by molar-refractivity contribution is 0.0709. The molecule has 1 aliphatic rings. The number of nitrogens with zero attached hydrogens (tertiary/aromatic N) is 1. The van der Waals surface area contributed by atoms with Crippen LogP contribution in [0.3, 0.4) is 0 Å². The summed E-state index contributed by atoms with van der Waals surface area (Å²) in [4.78, 5) is 2.51. The molecule has 1 rings (SSSR count). The van der Waals surface area contributed by atoms with Gasteiger partial charge in [-0.05, 0) is 32.2 Å². The first-order valence-corrected chi connectivity index (χ1v) is 9.93. The molecule has 0 bridgehead atoms. The van der Waals surface area contributed by atoms with Crippen LogP contribution in [0.15, 0.2) is 0 Å². The Balaban J connectivity index is 2.59. The highest BCUT2D eigenvalue weighted by Crippen LogP contribution is 2.24. The summed E-state index contributed by atoms with van der Waals surface area (Å²) >= 11 is 0. The molecule has 1 heterocycles. The lowest BCUT2D eigenvalue weighted by Crippen LogP contribution is -2.63. The van der Waals surface area contributed by atoms with E-state index in [2.05, 4.69) is 31.0 Å². The molecule has 0 aromatic rings. The van der Waals surface area contributed by atoms with Gasteiger partial charge in [0.2, 0.25) is 0 Å². The van der Waals surface area contributed by atoms with Crippen molar-refractivity contribution in [2.45, 2.75) is 65.0 Å². The minimum Gasteiger partial charge on any atom is -0.308 e. The standard InChI is InChI=1S/C15H32N2O2S/c1-5-14-12-16-15(6-2,7-3)13-17(14)10-9-11-20(18,19)8-4/h14,16H,5-13H2,1-4H3. The molecule has 0 aromatic carbocycles. The quantitative estimate of drug-likeness (QED) is 0.746. The van der Waals surface area contributed by atoms with Crippen LogP contribution >= 0.6 is 0 Å². The van der Waals surface area contributed by atoms with Crippen LogP contribution < -0.4 is 5.32 Å². The Kier molecular flexibility index (Phi) is 6.95. The minimum absolute atomic E-state index is 0.218. The Morgan fingerprint density at radius 1 is 1.20 bits per heavy atom. The van der Waals surface area contributed by atoms with Crippen molar-refractivity contribution in [2.24, 2.45) is 0 Å². The Morgan fingerprint density at radius 3 is 2.35 bits per heavy atom. The Bertz CT molecular complexity index is 377. The molecule has 0 aliphatic carbocycles. The van der Waals surface area contributed by atoms with E-state index in [1.165, 1.54) is 0 Å². The van der Waals surface area contributed by atoms with Gasteiger partial charge >= 0.3 is 0 Å². The molecule has 1 aliphatic heterocycles. The second kappa shape index (κ2) is 7.76. The monoisotopic (exact) mass is 304 g/mol. The second-order valence-electron chi connectivity index (χ2n) is 5.99. The lowest BCUT2D eigenvalue weighted by Gasteiger charge is -2.47. The number of sulfone groups is 1. The SMILES string of the molecule is CCC1CNC(CC)(CC)CN1CCCS(=O)(=O)CC. The van der Waals surface area contributed by atoms with E-state index in [0.717, 1.165) is 45.3 Å². The molecule has 1 N–H and O–H groups in total. The van der Waals surface area contributed by atoms with Crippen LogP contribution in [0.5, 0.6) is 0 Å². The Hall–Kier alpha value is -0.130. The van der Waals surface area contributed by atoms with Crippen molar-refractivity contribution in [3.8, 4) is 0 Å². The van der Waals surface area contributed by atoms with Gasteiger partial charge in [0.1, 0.15) is 9.84 Å². The highest BCUT2D eigenvalue weighted by molar-refractivity contribution is 7.91. The van der Waals surface area contributed by atoms with Gasteiger partial charge in [-0.3, -0.25) is 4.90 Å². The van der Waals surface area contributed by atoms with Crippen molar-refractivity contribution < 1.29 is 8.42 Å². The van der Waals surface area contributed by atoms with Gasteiger partial charge in [0.25, 0.3) is 0 Å². The van der Waals surface area contributed by atoms with E-state index in [1.807, 2.05) is 0 Å². The third-order valence-corrected chi connectivity index (χ3v) is 6.69. The van der Waals surface area contributed by atoms with E-state index in [9.17, 15) is 8.42 Å². The highest BCUT2D eigenvalue weighted by Gasteiger charge is 2.35. The molecule has 1 atom stereocenters. The molecule has 1 saturated heterocycles. The van der Waals surface area contributed by atoms with E-state index >= 15 is 0 Å². The molecule has 120 valence electrons. The smallest absolute Gasteiger partial charge is 0.150 e. The lowest BCUT2D eigenvalue weighted by atomic mass is 9.88. The van der Waals surface area contributed by atoms with E-state index in [-0.39, 0.29) is 11.3 Å². The Morgan fingerprint density at radius 2 is 1.85 bits per heavy atom. The summed E-state index contributed by atoms with van der Waals surface area (Å²) in [5.74, 6) is 0.592. The molecule has 4 nitrogen and oxygen atoms in total. The van der Waals surface area contributed by atoms with Crippen molar-refractivity contribution >= 4 is 9.84 Å². The van der Waals surface area contributed by atoms with Crippen molar-refractivity contribution in [3.63, 3.8) is 0 Å². The zero-order valence-electron chi connectivity index (χ0n) is 13.6. The molecule has 1 fully saturated rings. The predicted octanol–water partition coefficient (Wildman–Crippen LogP) is 2.05. The molecule has 20 heavy (non-hydrogen) atoms. The first-order valence-electron chi connectivity index (χ1n) is 8.11. The van der Waals surface area contributed by atoms with Crippen molar-refractivity contribution in [1.82, 2.24) is 10.2 Å². The fraction of sp³-hybridized carbons (Fsp3) is 1.00. The largest absolute Gasteiger partial charge is 0.308 e. The van der Waals surface area contributed by atoms with Crippen LogP contribution in [-0.4, -0.2) is 56.0 Å². The normalized spacial score (nSPS) is 23.9. The minimum atomic E-state index is -2.83. The third-order valence-electron chi connectivity index (χ3n) is 4.90. The fourth-order valence-electron chi connectivity index (χ4n) is 3.06. The summed E-state index contributed by atoms with van der Waals surface area (Å²) in [6.07, 6.45) is 4.14. The summed E-state index contributed by atoms with van der Waals surface area (Å²) in [5.41, 5.74) is 0.218. The van der Waals surface area contributed by atoms with Gasteiger partial charge in [-0.2, -0.15) is 0 Å². The second-order valence-corrected chi connectivity index (χ2v) is 8.46.